The number of halogens is 1. The minimum atomic E-state index is 0. The molecule has 16 heavy (non-hydrogen) atoms. The number of hydrogen-bond donors (Lipinski definition) is 2. The fourth-order valence-corrected chi connectivity index (χ4v) is 1.09. The molecule has 0 bridgehead atoms. The molecule has 0 radical (unpaired) electrons. The van der Waals surface area contributed by atoms with E-state index in [-0.39, 0.29) is 24.0 Å². The molecule has 4 nitrogen and oxygen atoms in total. The van der Waals surface area contributed by atoms with Crippen LogP contribution in [0.5, 0.6) is 0 Å². The molecule has 90 valence electrons. The van der Waals surface area contributed by atoms with Crippen molar-refractivity contribution in [3.05, 3.63) is 35.9 Å². The third-order valence-electron chi connectivity index (χ3n) is 1.90. The van der Waals surface area contributed by atoms with Crippen molar-refractivity contribution in [2.45, 2.75) is 6.61 Å². The Morgan fingerprint density at radius 3 is 2.69 bits per heavy atom. The molecule has 0 amide bonds. The van der Waals surface area contributed by atoms with Crippen LogP contribution >= 0.6 is 24.0 Å². The van der Waals surface area contributed by atoms with Crippen molar-refractivity contribution < 1.29 is 4.74 Å². The van der Waals surface area contributed by atoms with Crippen LogP contribution < -0.4 is 11.1 Å². The number of guanidine groups is 1. The Hall–Kier alpha value is -0.820. The summed E-state index contributed by atoms with van der Waals surface area (Å²) in [6.45, 7) is 1.92. The molecule has 1 rings (SSSR count). The number of hydrogen-bond acceptors (Lipinski definition) is 2. The Labute approximate surface area is 113 Å². The van der Waals surface area contributed by atoms with Crippen LogP contribution in [0.15, 0.2) is 35.3 Å². The van der Waals surface area contributed by atoms with Crippen molar-refractivity contribution in [1.29, 1.82) is 0 Å². The molecule has 0 saturated carbocycles. The van der Waals surface area contributed by atoms with Gasteiger partial charge >= 0.3 is 0 Å². The molecular weight excluding hydrogens is 317 g/mol. The van der Waals surface area contributed by atoms with Crippen molar-refractivity contribution in [1.82, 2.24) is 5.32 Å². The molecule has 0 saturated heterocycles. The summed E-state index contributed by atoms with van der Waals surface area (Å²) in [5.41, 5.74) is 6.63. The van der Waals surface area contributed by atoms with E-state index in [4.69, 9.17) is 10.5 Å². The van der Waals surface area contributed by atoms with Gasteiger partial charge in [-0.2, -0.15) is 0 Å². The number of nitrogens with one attached hydrogen (secondary N) is 1. The van der Waals surface area contributed by atoms with E-state index in [0.717, 1.165) is 0 Å². The van der Waals surface area contributed by atoms with Crippen molar-refractivity contribution in [3.8, 4) is 0 Å². The molecule has 1 aromatic rings. The summed E-state index contributed by atoms with van der Waals surface area (Å²) in [4.78, 5) is 3.77. The van der Waals surface area contributed by atoms with Gasteiger partial charge in [0.05, 0.1) is 13.2 Å². The van der Waals surface area contributed by atoms with Crippen LogP contribution in [0.4, 0.5) is 0 Å². The van der Waals surface area contributed by atoms with Crippen molar-refractivity contribution in [2.24, 2.45) is 10.7 Å². The van der Waals surface area contributed by atoms with Gasteiger partial charge in [0.25, 0.3) is 0 Å². The number of aliphatic imine (C=N–C) groups is 1. The van der Waals surface area contributed by atoms with E-state index in [9.17, 15) is 0 Å². The highest BCUT2D eigenvalue weighted by Crippen LogP contribution is 1.99. The number of rotatable bonds is 5. The summed E-state index contributed by atoms with van der Waals surface area (Å²) in [7, 11) is 1.65. The molecule has 0 unspecified atom stereocenters. The average Bonchev–Trinajstić information content (AvgIpc) is 2.29. The second-order valence-electron chi connectivity index (χ2n) is 3.07. The first-order valence-corrected chi connectivity index (χ1v) is 4.90. The normalized spacial score (nSPS) is 10.7. The molecule has 0 atom stereocenters. The van der Waals surface area contributed by atoms with Gasteiger partial charge in [-0.05, 0) is 5.56 Å². The minimum Gasteiger partial charge on any atom is -0.375 e. The molecule has 0 spiro atoms. The van der Waals surface area contributed by atoms with Gasteiger partial charge in [-0.3, -0.25) is 4.99 Å². The summed E-state index contributed by atoms with van der Waals surface area (Å²) in [6.07, 6.45) is 0. The lowest BCUT2D eigenvalue weighted by molar-refractivity contribution is 0.125. The highest BCUT2D eigenvalue weighted by molar-refractivity contribution is 14.0. The van der Waals surface area contributed by atoms with E-state index in [1.165, 1.54) is 5.56 Å². The van der Waals surface area contributed by atoms with Gasteiger partial charge in [-0.25, -0.2) is 0 Å². The molecule has 0 fully saturated rings. The standard InChI is InChI=1S/C11H17N3O.HI/c1-13-11(12)14-7-8-15-9-10-5-3-2-4-6-10;/h2-6H,7-9H2,1H3,(H3,12,13,14);1H. The van der Waals surface area contributed by atoms with Crippen LogP contribution in [-0.2, 0) is 11.3 Å². The van der Waals surface area contributed by atoms with Gasteiger partial charge in [0.15, 0.2) is 5.96 Å². The van der Waals surface area contributed by atoms with E-state index in [0.29, 0.717) is 25.7 Å². The Balaban J connectivity index is 0.00000225. The van der Waals surface area contributed by atoms with Crippen LogP contribution in [0.3, 0.4) is 0 Å². The quantitative estimate of drug-likeness (QED) is 0.370. The third kappa shape index (κ3) is 6.62. The lowest BCUT2D eigenvalue weighted by atomic mass is 10.2. The first-order chi connectivity index (χ1) is 7.33. The van der Waals surface area contributed by atoms with Crippen LogP contribution in [0.1, 0.15) is 5.56 Å². The molecular formula is C11H18IN3O. The molecule has 0 aliphatic heterocycles. The van der Waals surface area contributed by atoms with Gasteiger partial charge in [-0.15, -0.1) is 24.0 Å². The zero-order valence-corrected chi connectivity index (χ0v) is 11.7. The van der Waals surface area contributed by atoms with Gasteiger partial charge in [0.2, 0.25) is 0 Å². The van der Waals surface area contributed by atoms with Crippen molar-refractivity contribution in [3.63, 3.8) is 0 Å². The largest absolute Gasteiger partial charge is 0.375 e. The monoisotopic (exact) mass is 335 g/mol. The molecule has 0 aliphatic rings. The van der Waals surface area contributed by atoms with Crippen LogP contribution in [0, 0.1) is 0 Å². The van der Waals surface area contributed by atoms with Gasteiger partial charge in [0.1, 0.15) is 0 Å². The van der Waals surface area contributed by atoms with Crippen LogP contribution in [0.25, 0.3) is 0 Å². The molecule has 0 aromatic heterocycles. The SMILES string of the molecule is CN=C(N)NCCOCc1ccccc1.I. The maximum atomic E-state index is 5.45. The molecule has 1 aromatic carbocycles. The zero-order valence-electron chi connectivity index (χ0n) is 9.35. The maximum absolute atomic E-state index is 5.45. The first kappa shape index (κ1) is 15.2. The number of nitrogens with zero attached hydrogens (tertiary/aromatic N) is 1. The maximum Gasteiger partial charge on any atom is 0.188 e. The van der Waals surface area contributed by atoms with Crippen molar-refractivity contribution >= 4 is 29.9 Å². The number of nitrogens with two attached hydrogens (primary N) is 1. The van der Waals surface area contributed by atoms with Gasteiger partial charge < -0.3 is 15.8 Å². The van der Waals surface area contributed by atoms with Crippen LogP contribution in [-0.4, -0.2) is 26.2 Å². The Bertz CT molecular complexity index is 303. The summed E-state index contributed by atoms with van der Waals surface area (Å²) < 4.78 is 5.44. The second-order valence-corrected chi connectivity index (χ2v) is 3.07. The lowest BCUT2D eigenvalue weighted by Crippen LogP contribution is -2.33. The molecule has 3 N–H and O–H groups in total. The van der Waals surface area contributed by atoms with E-state index in [1.807, 2.05) is 30.3 Å². The predicted molar refractivity (Wildman–Crippen MR) is 77.1 cm³/mol. The third-order valence-corrected chi connectivity index (χ3v) is 1.90. The zero-order chi connectivity index (χ0) is 10.9. The van der Waals surface area contributed by atoms with E-state index in [2.05, 4.69) is 10.3 Å². The minimum absolute atomic E-state index is 0. The Morgan fingerprint density at radius 1 is 1.38 bits per heavy atom. The highest BCUT2D eigenvalue weighted by Gasteiger charge is 1.92. The Kier molecular flexibility index (Phi) is 8.93. The summed E-state index contributed by atoms with van der Waals surface area (Å²) >= 11 is 0. The number of benzene rings is 1. The van der Waals surface area contributed by atoms with Crippen LogP contribution in [0.2, 0.25) is 0 Å². The lowest BCUT2D eigenvalue weighted by Gasteiger charge is -2.06. The molecule has 5 heteroatoms. The van der Waals surface area contributed by atoms with Gasteiger partial charge in [-0.1, -0.05) is 30.3 Å². The van der Waals surface area contributed by atoms with Gasteiger partial charge in [0, 0.05) is 13.6 Å². The topological polar surface area (TPSA) is 59.6 Å². The van der Waals surface area contributed by atoms with E-state index >= 15 is 0 Å². The first-order valence-electron chi connectivity index (χ1n) is 4.90. The fraction of sp³-hybridized carbons (Fsp3) is 0.364. The average molecular weight is 335 g/mol. The predicted octanol–water partition coefficient (Wildman–Crippen LogP) is 1.36. The van der Waals surface area contributed by atoms with E-state index in [1.54, 1.807) is 7.05 Å². The summed E-state index contributed by atoms with van der Waals surface area (Å²) in [6, 6.07) is 10.1. The summed E-state index contributed by atoms with van der Waals surface area (Å²) in [5.74, 6) is 0.443. The number of ether oxygens (including phenoxy) is 1. The molecule has 0 aliphatic carbocycles. The van der Waals surface area contributed by atoms with E-state index < -0.39 is 0 Å². The summed E-state index contributed by atoms with van der Waals surface area (Å²) in [5, 5.41) is 2.92. The highest BCUT2D eigenvalue weighted by atomic mass is 127. The smallest absolute Gasteiger partial charge is 0.188 e. The molecule has 0 heterocycles. The Morgan fingerprint density at radius 2 is 2.06 bits per heavy atom. The van der Waals surface area contributed by atoms with Crippen molar-refractivity contribution in [2.75, 3.05) is 20.2 Å². The second kappa shape index (κ2) is 9.41. The fourth-order valence-electron chi connectivity index (χ4n) is 1.09.